The van der Waals surface area contributed by atoms with E-state index in [1.54, 1.807) is 18.2 Å². The third-order valence-electron chi connectivity index (χ3n) is 3.67. The minimum Gasteiger partial charge on any atom is -0.389 e. The Labute approximate surface area is 109 Å². The molecule has 1 rings (SSSR count). The van der Waals surface area contributed by atoms with Crippen LogP contribution in [0.4, 0.5) is 0 Å². The van der Waals surface area contributed by atoms with Gasteiger partial charge in [0.2, 0.25) is 0 Å². The number of rotatable bonds is 2. The summed E-state index contributed by atoms with van der Waals surface area (Å²) in [5, 5.41) is 29.1. The third-order valence-corrected chi connectivity index (χ3v) is 3.67. The van der Waals surface area contributed by atoms with Crippen LogP contribution >= 0.6 is 0 Å². The van der Waals surface area contributed by atoms with Crippen molar-refractivity contribution in [3.8, 4) is 6.07 Å². The molecule has 0 aromatic rings. The first-order valence-electron chi connectivity index (χ1n) is 6.08. The average Bonchev–Trinajstić information content (AvgIpc) is 2.23. The predicted molar refractivity (Wildman–Crippen MR) is 71.6 cm³/mol. The van der Waals surface area contributed by atoms with E-state index in [-0.39, 0.29) is 0 Å². The Balaban J connectivity index is 3.14. The summed E-state index contributed by atoms with van der Waals surface area (Å²) in [4.78, 5) is 0. The summed E-state index contributed by atoms with van der Waals surface area (Å²) >= 11 is 0. The van der Waals surface area contributed by atoms with Gasteiger partial charge < -0.3 is 10.2 Å². The summed E-state index contributed by atoms with van der Waals surface area (Å²) in [5.74, 6) is 0. The van der Waals surface area contributed by atoms with Gasteiger partial charge in [-0.25, -0.2) is 0 Å². The van der Waals surface area contributed by atoms with Gasteiger partial charge in [0, 0.05) is 11.5 Å². The van der Waals surface area contributed by atoms with E-state index in [4.69, 9.17) is 5.26 Å². The van der Waals surface area contributed by atoms with Crippen molar-refractivity contribution in [2.45, 2.75) is 45.8 Å². The largest absolute Gasteiger partial charge is 0.389 e. The number of aliphatic hydroxyl groups excluding tert-OH is 1. The fraction of sp³-hybridized carbons (Fsp3) is 0.533. The quantitative estimate of drug-likeness (QED) is 0.447. The predicted octanol–water partition coefficient (Wildman–Crippen LogP) is 2.48. The Morgan fingerprint density at radius 1 is 1.56 bits per heavy atom. The monoisotopic (exact) mass is 247 g/mol. The Kier molecular flexibility index (Phi) is 4.16. The number of nitrogens with zero attached hydrogens (tertiary/aromatic N) is 1. The zero-order valence-electron chi connectivity index (χ0n) is 11.4. The topological polar surface area (TPSA) is 64.2 Å². The van der Waals surface area contributed by atoms with Crippen LogP contribution < -0.4 is 0 Å². The minimum absolute atomic E-state index is 0.450. The molecule has 0 aromatic heterocycles. The number of hydrogen-bond donors (Lipinski definition) is 2. The summed E-state index contributed by atoms with van der Waals surface area (Å²) in [7, 11) is 0. The third kappa shape index (κ3) is 2.72. The van der Waals surface area contributed by atoms with Crippen molar-refractivity contribution >= 4 is 0 Å². The van der Waals surface area contributed by atoms with Gasteiger partial charge in [-0.05, 0) is 37.5 Å². The maximum Gasteiger partial charge on any atom is 0.109 e. The molecule has 98 valence electrons. The maximum absolute atomic E-state index is 10.8. The zero-order chi connectivity index (χ0) is 14.0. The molecule has 18 heavy (non-hydrogen) atoms. The standard InChI is InChI=1S/C15H21NO2/c1-11(6-8-16)5-7-15(18)12(2)9-13(17)10-14(15,3)4/h5-7,9,13,17-18H,10H2,1-4H3/b7-5+,11-6+/t13-,15-/m1/s1. The lowest BCUT2D eigenvalue weighted by molar-refractivity contribution is -0.0292. The molecule has 0 aromatic carbocycles. The molecule has 0 spiro atoms. The van der Waals surface area contributed by atoms with E-state index in [1.165, 1.54) is 6.08 Å². The second-order valence-corrected chi connectivity index (χ2v) is 5.62. The van der Waals surface area contributed by atoms with Gasteiger partial charge in [0.25, 0.3) is 0 Å². The lowest BCUT2D eigenvalue weighted by atomic mass is 9.64. The molecule has 0 saturated carbocycles. The zero-order valence-corrected chi connectivity index (χ0v) is 11.4. The average molecular weight is 247 g/mol. The first-order chi connectivity index (χ1) is 8.23. The molecule has 0 aliphatic heterocycles. The molecule has 0 amide bonds. The summed E-state index contributed by atoms with van der Waals surface area (Å²) in [5.41, 5.74) is -0.00115. The number of allylic oxidation sites excluding steroid dienone is 3. The van der Waals surface area contributed by atoms with Gasteiger partial charge in [0.15, 0.2) is 0 Å². The molecule has 2 N–H and O–H groups in total. The smallest absolute Gasteiger partial charge is 0.109 e. The van der Waals surface area contributed by atoms with Crippen LogP contribution in [0.15, 0.2) is 35.5 Å². The summed E-state index contributed by atoms with van der Waals surface area (Å²) < 4.78 is 0. The van der Waals surface area contributed by atoms with Crippen molar-refractivity contribution < 1.29 is 10.2 Å². The highest BCUT2D eigenvalue weighted by molar-refractivity contribution is 5.35. The van der Waals surface area contributed by atoms with Crippen molar-refractivity contribution in [2.75, 3.05) is 0 Å². The fourth-order valence-corrected chi connectivity index (χ4v) is 2.45. The highest BCUT2D eigenvalue weighted by Crippen LogP contribution is 2.45. The molecule has 0 radical (unpaired) electrons. The van der Waals surface area contributed by atoms with Crippen molar-refractivity contribution in [3.05, 3.63) is 35.5 Å². The SMILES string of the molecule is CC1=C[C@@H](O)CC(C)(C)[C@@]1(O)/C=C/C(C)=C/C#N. The van der Waals surface area contributed by atoms with Gasteiger partial charge in [-0.15, -0.1) is 0 Å². The molecule has 0 bridgehead atoms. The number of nitriles is 1. The summed E-state index contributed by atoms with van der Waals surface area (Å²) in [6.45, 7) is 7.49. The second kappa shape index (κ2) is 5.09. The molecule has 2 atom stereocenters. The Bertz CT molecular complexity index is 452. The molecule has 0 saturated heterocycles. The van der Waals surface area contributed by atoms with Crippen LogP contribution in [0, 0.1) is 16.7 Å². The lowest BCUT2D eigenvalue weighted by Gasteiger charge is -2.46. The molecular weight excluding hydrogens is 226 g/mol. The van der Waals surface area contributed by atoms with E-state index in [0.717, 1.165) is 11.1 Å². The lowest BCUT2D eigenvalue weighted by Crippen LogP contribution is -2.48. The minimum atomic E-state index is -1.09. The fourth-order valence-electron chi connectivity index (χ4n) is 2.45. The van der Waals surface area contributed by atoms with Crippen LogP contribution in [-0.2, 0) is 0 Å². The van der Waals surface area contributed by atoms with E-state index < -0.39 is 17.1 Å². The summed E-state index contributed by atoms with van der Waals surface area (Å²) in [6, 6.07) is 1.96. The Morgan fingerprint density at radius 3 is 2.67 bits per heavy atom. The van der Waals surface area contributed by atoms with Gasteiger partial charge >= 0.3 is 0 Å². The van der Waals surface area contributed by atoms with Crippen LogP contribution in [-0.4, -0.2) is 21.9 Å². The maximum atomic E-state index is 10.8. The van der Waals surface area contributed by atoms with Crippen molar-refractivity contribution in [2.24, 2.45) is 5.41 Å². The van der Waals surface area contributed by atoms with E-state index in [0.29, 0.717) is 6.42 Å². The molecule has 0 unspecified atom stereocenters. The van der Waals surface area contributed by atoms with Crippen LogP contribution in [0.25, 0.3) is 0 Å². The van der Waals surface area contributed by atoms with Crippen molar-refractivity contribution in [1.29, 1.82) is 5.26 Å². The molecule has 1 aliphatic carbocycles. The molecule has 3 nitrogen and oxygen atoms in total. The van der Waals surface area contributed by atoms with Gasteiger partial charge in [-0.1, -0.05) is 26.0 Å². The van der Waals surface area contributed by atoms with Gasteiger partial charge in [0.05, 0.1) is 12.2 Å². The number of aliphatic hydroxyl groups is 2. The Hall–Kier alpha value is -1.37. The Morgan fingerprint density at radius 2 is 2.17 bits per heavy atom. The van der Waals surface area contributed by atoms with E-state index in [1.807, 2.05) is 33.8 Å². The van der Waals surface area contributed by atoms with Crippen LogP contribution in [0.5, 0.6) is 0 Å². The molecule has 0 heterocycles. The summed E-state index contributed by atoms with van der Waals surface area (Å²) in [6.07, 6.45) is 6.59. The normalized spacial score (nSPS) is 32.2. The van der Waals surface area contributed by atoms with Crippen LogP contribution in [0.3, 0.4) is 0 Å². The number of hydrogen-bond acceptors (Lipinski definition) is 3. The van der Waals surface area contributed by atoms with Gasteiger partial charge in [-0.2, -0.15) is 5.26 Å². The van der Waals surface area contributed by atoms with Crippen molar-refractivity contribution in [3.63, 3.8) is 0 Å². The van der Waals surface area contributed by atoms with Gasteiger partial charge in [0.1, 0.15) is 5.60 Å². The van der Waals surface area contributed by atoms with E-state index >= 15 is 0 Å². The highest BCUT2D eigenvalue weighted by atomic mass is 16.3. The molecule has 1 aliphatic rings. The second-order valence-electron chi connectivity index (χ2n) is 5.62. The van der Waals surface area contributed by atoms with Gasteiger partial charge in [-0.3, -0.25) is 0 Å². The van der Waals surface area contributed by atoms with Crippen LogP contribution in [0.1, 0.15) is 34.1 Å². The van der Waals surface area contributed by atoms with E-state index in [9.17, 15) is 10.2 Å². The van der Waals surface area contributed by atoms with Crippen molar-refractivity contribution in [1.82, 2.24) is 0 Å². The molecule has 0 fully saturated rings. The first-order valence-corrected chi connectivity index (χ1v) is 6.08. The first kappa shape index (κ1) is 14.7. The molecular formula is C15H21NO2. The highest BCUT2D eigenvalue weighted by Gasteiger charge is 2.46. The van der Waals surface area contributed by atoms with Crippen LogP contribution in [0.2, 0.25) is 0 Å². The van der Waals surface area contributed by atoms with E-state index in [2.05, 4.69) is 0 Å². The molecule has 3 heteroatoms.